The van der Waals surface area contributed by atoms with Crippen LogP contribution in [-0.4, -0.2) is 40.8 Å². The first-order valence-corrected chi connectivity index (χ1v) is 12.2. The molecule has 1 aromatic heterocycles. The molecule has 0 aliphatic rings. The Morgan fingerprint density at radius 2 is 1.32 bits per heavy atom. The third-order valence-corrected chi connectivity index (χ3v) is 6.15. The number of hydrogen-bond acceptors (Lipinski definition) is 6. The quantitative estimate of drug-likeness (QED) is 0.280. The van der Waals surface area contributed by atoms with Crippen molar-refractivity contribution in [1.82, 2.24) is 9.78 Å². The van der Waals surface area contributed by atoms with E-state index in [1.807, 2.05) is 60.7 Å². The molecule has 4 aromatic carbocycles. The molecule has 0 spiro atoms. The SMILES string of the molecule is CCOC(=O)c1cnn(CCOC(=O)c2cccc3ccccc23)c1NC(=O)c1cccc2ccccc12. The van der Waals surface area contributed by atoms with E-state index in [2.05, 4.69) is 10.4 Å². The van der Waals surface area contributed by atoms with Crippen LogP contribution in [0, 0.1) is 0 Å². The molecule has 0 aliphatic carbocycles. The van der Waals surface area contributed by atoms with Gasteiger partial charge < -0.3 is 14.8 Å². The highest BCUT2D eigenvalue weighted by Gasteiger charge is 2.22. The average Bonchev–Trinajstić information content (AvgIpc) is 3.34. The van der Waals surface area contributed by atoms with Crippen LogP contribution in [0.4, 0.5) is 5.82 Å². The number of benzene rings is 4. The Balaban J connectivity index is 1.37. The number of hydrogen-bond donors (Lipinski definition) is 1. The second-order valence-corrected chi connectivity index (χ2v) is 8.49. The molecule has 5 aromatic rings. The van der Waals surface area contributed by atoms with E-state index >= 15 is 0 Å². The molecule has 38 heavy (non-hydrogen) atoms. The van der Waals surface area contributed by atoms with Crippen molar-refractivity contribution in [3.05, 3.63) is 108 Å². The molecular formula is C30H25N3O5. The molecule has 0 saturated heterocycles. The first-order valence-electron chi connectivity index (χ1n) is 12.2. The summed E-state index contributed by atoms with van der Waals surface area (Å²) in [6.07, 6.45) is 1.34. The summed E-state index contributed by atoms with van der Waals surface area (Å²) in [6, 6.07) is 26.0. The highest BCUT2D eigenvalue weighted by Crippen LogP contribution is 2.23. The molecule has 8 nitrogen and oxygen atoms in total. The molecule has 1 N–H and O–H groups in total. The largest absolute Gasteiger partial charge is 0.462 e. The fourth-order valence-electron chi connectivity index (χ4n) is 4.35. The maximum atomic E-state index is 13.3. The topological polar surface area (TPSA) is 99.5 Å². The molecule has 0 unspecified atom stereocenters. The summed E-state index contributed by atoms with van der Waals surface area (Å²) in [5, 5.41) is 10.5. The van der Waals surface area contributed by atoms with Gasteiger partial charge in [0.25, 0.3) is 5.91 Å². The van der Waals surface area contributed by atoms with E-state index in [0.717, 1.165) is 21.5 Å². The number of nitrogens with zero attached hydrogens (tertiary/aromatic N) is 2. The zero-order valence-electron chi connectivity index (χ0n) is 20.7. The summed E-state index contributed by atoms with van der Waals surface area (Å²) >= 11 is 0. The number of fused-ring (bicyclic) bond motifs is 2. The van der Waals surface area contributed by atoms with Crippen molar-refractivity contribution in [2.75, 3.05) is 18.5 Å². The van der Waals surface area contributed by atoms with Crippen LogP contribution in [0.25, 0.3) is 21.5 Å². The Labute approximate surface area is 218 Å². The number of carbonyl (C=O) groups is 3. The lowest BCUT2D eigenvalue weighted by molar-refractivity contribution is 0.0486. The van der Waals surface area contributed by atoms with E-state index in [1.54, 1.807) is 31.2 Å². The van der Waals surface area contributed by atoms with E-state index in [1.165, 1.54) is 10.9 Å². The first-order chi connectivity index (χ1) is 18.6. The Hall–Kier alpha value is -4.98. The zero-order chi connectivity index (χ0) is 26.5. The van der Waals surface area contributed by atoms with Crippen LogP contribution in [-0.2, 0) is 16.0 Å². The minimum atomic E-state index is -0.611. The van der Waals surface area contributed by atoms with Crippen molar-refractivity contribution in [3.8, 4) is 0 Å². The Morgan fingerprint density at radius 1 is 0.737 bits per heavy atom. The van der Waals surface area contributed by atoms with Crippen molar-refractivity contribution in [2.24, 2.45) is 0 Å². The molecule has 0 aliphatic heterocycles. The van der Waals surface area contributed by atoms with Gasteiger partial charge >= 0.3 is 11.9 Å². The molecule has 0 atom stereocenters. The third-order valence-electron chi connectivity index (χ3n) is 6.15. The molecular weight excluding hydrogens is 482 g/mol. The second kappa shape index (κ2) is 11.0. The second-order valence-electron chi connectivity index (χ2n) is 8.49. The van der Waals surface area contributed by atoms with Gasteiger partial charge in [0.05, 0.1) is 24.9 Å². The molecule has 0 fully saturated rings. The van der Waals surface area contributed by atoms with Gasteiger partial charge in [-0.2, -0.15) is 5.10 Å². The summed E-state index contributed by atoms with van der Waals surface area (Å²) in [6.45, 7) is 1.96. The van der Waals surface area contributed by atoms with Gasteiger partial charge in [0, 0.05) is 5.56 Å². The van der Waals surface area contributed by atoms with Crippen LogP contribution in [0.1, 0.15) is 38.0 Å². The molecule has 0 radical (unpaired) electrons. The highest BCUT2D eigenvalue weighted by atomic mass is 16.5. The van der Waals surface area contributed by atoms with Gasteiger partial charge in [0.2, 0.25) is 0 Å². The maximum absolute atomic E-state index is 13.3. The number of nitrogens with one attached hydrogen (secondary N) is 1. The number of amides is 1. The van der Waals surface area contributed by atoms with E-state index < -0.39 is 17.8 Å². The fourth-order valence-corrected chi connectivity index (χ4v) is 4.35. The molecule has 8 heteroatoms. The van der Waals surface area contributed by atoms with Crippen LogP contribution >= 0.6 is 0 Å². The van der Waals surface area contributed by atoms with Gasteiger partial charge in [-0.05, 0) is 40.6 Å². The Bertz CT molecular complexity index is 1650. The van der Waals surface area contributed by atoms with Gasteiger partial charge in [-0.15, -0.1) is 0 Å². The van der Waals surface area contributed by atoms with Crippen LogP contribution in [0.15, 0.2) is 91.1 Å². The highest BCUT2D eigenvalue weighted by molar-refractivity contribution is 6.14. The van der Waals surface area contributed by atoms with Crippen molar-refractivity contribution in [3.63, 3.8) is 0 Å². The Kier molecular flexibility index (Phi) is 7.13. The van der Waals surface area contributed by atoms with Crippen molar-refractivity contribution < 1.29 is 23.9 Å². The standard InChI is InChI=1S/C30H25N3O5/c1-2-37-30(36)26-19-31-33(17-18-38-29(35)25-16-8-12-21-10-4-6-14-23(21)25)27(26)32-28(34)24-15-7-11-20-9-3-5-13-22(20)24/h3-16,19H,2,17-18H2,1H3,(H,32,34). The summed E-state index contributed by atoms with van der Waals surface area (Å²) in [5.41, 5.74) is 1.02. The lowest BCUT2D eigenvalue weighted by atomic mass is 10.0. The molecule has 1 heterocycles. The van der Waals surface area contributed by atoms with E-state index in [-0.39, 0.29) is 31.1 Å². The number of rotatable bonds is 8. The summed E-state index contributed by atoms with van der Waals surface area (Å²) in [5.74, 6) is -1.31. The van der Waals surface area contributed by atoms with Crippen molar-refractivity contribution in [1.29, 1.82) is 0 Å². The monoisotopic (exact) mass is 507 g/mol. The fraction of sp³-hybridized carbons (Fsp3) is 0.133. The van der Waals surface area contributed by atoms with Gasteiger partial charge in [-0.1, -0.05) is 72.8 Å². The van der Waals surface area contributed by atoms with E-state index in [0.29, 0.717) is 11.1 Å². The van der Waals surface area contributed by atoms with Gasteiger partial charge in [0.1, 0.15) is 18.0 Å². The third kappa shape index (κ3) is 4.97. The van der Waals surface area contributed by atoms with Crippen molar-refractivity contribution >= 4 is 45.2 Å². The molecule has 190 valence electrons. The zero-order valence-corrected chi connectivity index (χ0v) is 20.7. The van der Waals surface area contributed by atoms with Gasteiger partial charge in [-0.3, -0.25) is 4.79 Å². The average molecular weight is 508 g/mol. The minimum absolute atomic E-state index is 0.0247. The predicted molar refractivity (Wildman–Crippen MR) is 144 cm³/mol. The van der Waals surface area contributed by atoms with E-state index in [9.17, 15) is 14.4 Å². The van der Waals surface area contributed by atoms with Gasteiger partial charge in [0.15, 0.2) is 0 Å². The number of ether oxygens (including phenoxy) is 2. The first kappa shape index (κ1) is 24.7. The number of carbonyl (C=O) groups excluding carboxylic acids is 3. The summed E-state index contributed by atoms with van der Waals surface area (Å²) < 4.78 is 12.1. The molecule has 0 saturated carbocycles. The summed E-state index contributed by atoms with van der Waals surface area (Å²) in [4.78, 5) is 38.7. The van der Waals surface area contributed by atoms with Crippen LogP contribution in [0.2, 0.25) is 0 Å². The Morgan fingerprint density at radius 3 is 2.00 bits per heavy atom. The molecule has 1 amide bonds. The number of aromatic nitrogens is 2. The lowest BCUT2D eigenvalue weighted by Gasteiger charge is -2.13. The van der Waals surface area contributed by atoms with Gasteiger partial charge in [-0.25, -0.2) is 14.3 Å². The number of esters is 2. The van der Waals surface area contributed by atoms with Crippen LogP contribution in [0.3, 0.4) is 0 Å². The maximum Gasteiger partial charge on any atom is 0.343 e. The normalized spacial score (nSPS) is 10.9. The van der Waals surface area contributed by atoms with E-state index in [4.69, 9.17) is 9.47 Å². The summed E-state index contributed by atoms with van der Waals surface area (Å²) in [7, 11) is 0. The molecule has 0 bridgehead atoms. The lowest BCUT2D eigenvalue weighted by Crippen LogP contribution is -2.20. The predicted octanol–water partition coefficient (Wildman–Crippen LogP) is 5.48. The number of anilines is 1. The van der Waals surface area contributed by atoms with Crippen molar-refractivity contribution in [2.45, 2.75) is 13.5 Å². The smallest absolute Gasteiger partial charge is 0.343 e. The molecule has 5 rings (SSSR count). The van der Waals surface area contributed by atoms with Crippen LogP contribution in [0.5, 0.6) is 0 Å². The minimum Gasteiger partial charge on any atom is -0.462 e. The van der Waals surface area contributed by atoms with Crippen LogP contribution < -0.4 is 5.32 Å².